The largest absolute Gasteiger partial charge is 0.465 e. The molecule has 0 aliphatic carbocycles. The lowest BCUT2D eigenvalue weighted by molar-refractivity contribution is -0.120. The van der Waals surface area contributed by atoms with Gasteiger partial charge in [-0.3, -0.25) is 15.1 Å². The molecule has 1 atom stereocenters. The molecule has 3 N–H and O–H groups in total. The number of hydrogen-bond acceptors (Lipinski definition) is 4. The number of nitrogens with zero attached hydrogens (tertiary/aromatic N) is 2. The van der Waals surface area contributed by atoms with Crippen LogP contribution in [0.1, 0.15) is 42.8 Å². The highest BCUT2D eigenvalue weighted by Gasteiger charge is 2.11. The molecule has 1 heterocycles. The molecule has 6 heteroatoms. The van der Waals surface area contributed by atoms with Crippen molar-refractivity contribution in [2.24, 2.45) is 10.7 Å². The standard InChI is InChI=1S/C21H30N4O2/c1-16(17-8-5-4-6-9-17)14-20(26)24-21(22)23-13-7-10-18-11-12-19(27-18)15-25(2)3/h4-6,8-9,11-12,16H,7,10,13-15H2,1-3H3,(H3,22,23,24,26). The summed E-state index contributed by atoms with van der Waals surface area (Å²) in [7, 11) is 4.02. The third kappa shape index (κ3) is 7.66. The van der Waals surface area contributed by atoms with Crippen LogP contribution < -0.4 is 11.1 Å². The van der Waals surface area contributed by atoms with Crippen molar-refractivity contribution in [1.29, 1.82) is 0 Å². The van der Waals surface area contributed by atoms with Gasteiger partial charge >= 0.3 is 0 Å². The van der Waals surface area contributed by atoms with Gasteiger partial charge in [0.1, 0.15) is 11.5 Å². The predicted octanol–water partition coefficient (Wildman–Crippen LogP) is 2.90. The molecule has 1 aromatic heterocycles. The Bertz CT molecular complexity index is 738. The van der Waals surface area contributed by atoms with Crippen LogP contribution in [0, 0.1) is 0 Å². The fourth-order valence-electron chi connectivity index (χ4n) is 2.82. The van der Waals surface area contributed by atoms with Crippen LogP contribution in [-0.2, 0) is 17.8 Å². The van der Waals surface area contributed by atoms with E-state index in [2.05, 4.69) is 15.2 Å². The Morgan fingerprint density at radius 2 is 1.89 bits per heavy atom. The molecular weight excluding hydrogens is 340 g/mol. The fraction of sp³-hybridized carbons (Fsp3) is 0.429. The number of amides is 1. The Morgan fingerprint density at radius 1 is 1.19 bits per heavy atom. The average Bonchev–Trinajstić information content (AvgIpc) is 3.06. The zero-order valence-electron chi connectivity index (χ0n) is 16.4. The summed E-state index contributed by atoms with van der Waals surface area (Å²) in [5, 5.41) is 2.66. The first kappa shape index (κ1) is 20.7. The third-order valence-electron chi connectivity index (χ3n) is 4.18. The molecule has 146 valence electrons. The van der Waals surface area contributed by atoms with Crippen molar-refractivity contribution in [2.75, 3.05) is 20.6 Å². The molecule has 6 nitrogen and oxygen atoms in total. The third-order valence-corrected chi connectivity index (χ3v) is 4.18. The summed E-state index contributed by atoms with van der Waals surface area (Å²) in [6.07, 6.45) is 1.98. The summed E-state index contributed by atoms with van der Waals surface area (Å²) >= 11 is 0. The van der Waals surface area contributed by atoms with Crippen molar-refractivity contribution in [2.45, 2.75) is 38.6 Å². The number of aryl methyl sites for hydroxylation is 1. The second-order valence-electron chi connectivity index (χ2n) is 7.04. The molecule has 0 saturated heterocycles. The Labute approximate surface area is 161 Å². The van der Waals surface area contributed by atoms with E-state index in [1.807, 2.05) is 63.5 Å². The molecule has 0 aliphatic rings. The molecule has 1 aromatic carbocycles. The van der Waals surface area contributed by atoms with Gasteiger partial charge < -0.3 is 15.1 Å². The maximum atomic E-state index is 12.1. The Balaban J connectivity index is 1.69. The molecule has 2 rings (SSSR count). The van der Waals surface area contributed by atoms with E-state index < -0.39 is 0 Å². The molecule has 0 spiro atoms. The Hall–Kier alpha value is -2.60. The first-order chi connectivity index (χ1) is 12.9. The van der Waals surface area contributed by atoms with Gasteiger partial charge in [0, 0.05) is 19.4 Å². The highest BCUT2D eigenvalue weighted by molar-refractivity contribution is 5.96. The average molecular weight is 370 g/mol. The molecule has 0 fully saturated rings. The molecule has 0 radical (unpaired) electrons. The number of nitrogens with two attached hydrogens (primary N) is 1. The van der Waals surface area contributed by atoms with E-state index in [1.165, 1.54) is 0 Å². The number of nitrogens with one attached hydrogen (secondary N) is 1. The topological polar surface area (TPSA) is 83.9 Å². The minimum atomic E-state index is -0.119. The van der Waals surface area contributed by atoms with Crippen LogP contribution in [0.15, 0.2) is 51.9 Å². The summed E-state index contributed by atoms with van der Waals surface area (Å²) < 4.78 is 5.76. The highest BCUT2D eigenvalue weighted by Crippen LogP contribution is 2.18. The minimum Gasteiger partial charge on any atom is -0.465 e. The number of carbonyl (C=O) groups excluding carboxylic acids is 1. The summed E-state index contributed by atoms with van der Waals surface area (Å²) in [5.74, 6) is 2.09. The number of carbonyl (C=O) groups is 1. The maximum Gasteiger partial charge on any atom is 0.227 e. The molecular formula is C21H30N4O2. The first-order valence-electron chi connectivity index (χ1n) is 9.31. The number of guanidine groups is 1. The van der Waals surface area contributed by atoms with Crippen LogP contribution in [0.2, 0.25) is 0 Å². The summed E-state index contributed by atoms with van der Waals surface area (Å²) in [6.45, 7) is 3.36. The van der Waals surface area contributed by atoms with E-state index in [0.717, 1.165) is 36.5 Å². The van der Waals surface area contributed by atoms with E-state index in [1.54, 1.807) is 0 Å². The number of hydrogen-bond donors (Lipinski definition) is 2. The molecule has 27 heavy (non-hydrogen) atoms. The Morgan fingerprint density at radius 3 is 2.59 bits per heavy atom. The van der Waals surface area contributed by atoms with Crippen LogP contribution >= 0.6 is 0 Å². The van der Waals surface area contributed by atoms with Crippen molar-refractivity contribution < 1.29 is 9.21 Å². The zero-order chi connectivity index (χ0) is 19.6. The molecule has 0 aliphatic heterocycles. The van der Waals surface area contributed by atoms with Gasteiger partial charge in [-0.1, -0.05) is 37.3 Å². The zero-order valence-corrected chi connectivity index (χ0v) is 16.4. The van der Waals surface area contributed by atoms with Gasteiger partial charge in [-0.05, 0) is 44.1 Å². The SMILES string of the molecule is CC(CC(=O)NC(N)=NCCCc1ccc(CN(C)C)o1)c1ccccc1. The lowest BCUT2D eigenvalue weighted by atomic mass is 9.98. The monoisotopic (exact) mass is 370 g/mol. The van der Waals surface area contributed by atoms with Crippen LogP contribution in [0.4, 0.5) is 0 Å². The van der Waals surface area contributed by atoms with E-state index in [4.69, 9.17) is 10.2 Å². The summed E-state index contributed by atoms with van der Waals surface area (Å²) in [5.41, 5.74) is 6.95. The quantitative estimate of drug-likeness (QED) is 0.404. The van der Waals surface area contributed by atoms with Gasteiger partial charge in [-0.2, -0.15) is 0 Å². The van der Waals surface area contributed by atoms with Crippen LogP contribution in [0.5, 0.6) is 0 Å². The second kappa shape index (κ2) is 10.5. The summed E-state index contributed by atoms with van der Waals surface area (Å²) in [4.78, 5) is 18.4. The van der Waals surface area contributed by atoms with Gasteiger partial charge in [0.15, 0.2) is 5.96 Å². The van der Waals surface area contributed by atoms with Crippen LogP contribution in [0.25, 0.3) is 0 Å². The van der Waals surface area contributed by atoms with Gasteiger partial charge in [-0.15, -0.1) is 0 Å². The van der Waals surface area contributed by atoms with Crippen LogP contribution in [-0.4, -0.2) is 37.4 Å². The van der Waals surface area contributed by atoms with E-state index >= 15 is 0 Å². The minimum absolute atomic E-state index is 0.119. The second-order valence-corrected chi connectivity index (χ2v) is 7.04. The normalized spacial score (nSPS) is 13.0. The van der Waals surface area contributed by atoms with Crippen molar-refractivity contribution in [1.82, 2.24) is 10.2 Å². The first-order valence-corrected chi connectivity index (χ1v) is 9.31. The predicted molar refractivity (Wildman–Crippen MR) is 109 cm³/mol. The van der Waals surface area contributed by atoms with E-state index in [-0.39, 0.29) is 17.8 Å². The number of rotatable bonds is 9. The van der Waals surface area contributed by atoms with Crippen molar-refractivity contribution in [3.05, 3.63) is 59.5 Å². The smallest absolute Gasteiger partial charge is 0.227 e. The fourth-order valence-corrected chi connectivity index (χ4v) is 2.82. The Kier molecular flexibility index (Phi) is 8.07. The van der Waals surface area contributed by atoms with Gasteiger partial charge in [0.05, 0.1) is 6.54 Å². The van der Waals surface area contributed by atoms with Crippen molar-refractivity contribution >= 4 is 11.9 Å². The van der Waals surface area contributed by atoms with Gasteiger partial charge in [0.25, 0.3) is 0 Å². The van der Waals surface area contributed by atoms with Crippen LogP contribution in [0.3, 0.4) is 0 Å². The molecule has 2 aromatic rings. The van der Waals surface area contributed by atoms with Gasteiger partial charge in [0.2, 0.25) is 5.91 Å². The lowest BCUT2D eigenvalue weighted by Gasteiger charge is -2.11. The molecule has 1 unspecified atom stereocenters. The number of furan rings is 1. The van der Waals surface area contributed by atoms with Gasteiger partial charge in [-0.25, -0.2) is 0 Å². The lowest BCUT2D eigenvalue weighted by Crippen LogP contribution is -2.37. The summed E-state index contributed by atoms with van der Waals surface area (Å²) in [6, 6.07) is 14.0. The van der Waals surface area contributed by atoms with Crippen molar-refractivity contribution in [3.8, 4) is 0 Å². The van der Waals surface area contributed by atoms with Crippen molar-refractivity contribution in [3.63, 3.8) is 0 Å². The maximum absolute atomic E-state index is 12.1. The van der Waals surface area contributed by atoms with E-state index in [0.29, 0.717) is 13.0 Å². The number of benzene rings is 1. The molecule has 1 amide bonds. The molecule has 0 saturated carbocycles. The molecule has 0 bridgehead atoms. The highest BCUT2D eigenvalue weighted by atomic mass is 16.3. The number of aliphatic imine (C=N–C) groups is 1. The van der Waals surface area contributed by atoms with E-state index in [9.17, 15) is 4.79 Å².